The van der Waals surface area contributed by atoms with Crippen LogP contribution < -0.4 is 5.32 Å². The van der Waals surface area contributed by atoms with E-state index in [-0.39, 0.29) is 0 Å². The SMILES string of the molecule is CN(C)C(CNC1CCCC1(C)C)c1ccco1. The van der Waals surface area contributed by atoms with Crippen LogP contribution in [0.25, 0.3) is 0 Å². The van der Waals surface area contributed by atoms with Crippen molar-refractivity contribution < 1.29 is 4.42 Å². The van der Waals surface area contributed by atoms with Gasteiger partial charge in [-0.05, 0) is 44.5 Å². The highest BCUT2D eigenvalue weighted by Crippen LogP contribution is 2.37. The molecule has 102 valence electrons. The molecule has 1 fully saturated rings. The van der Waals surface area contributed by atoms with Gasteiger partial charge in [-0.2, -0.15) is 0 Å². The molecule has 1 aliphatic carbocycles. The van der Waals surface area contributed by atoms with Gasteiger partial charge < -0.3 is 9.73 Å². The summed E-state index contributed by atoms with van der Waals surface area (Å²) in [6, 6.07) is 4.98. The van der Waals surface area contributed by atoms with E-state index in [1.54, 1.807) is 6.26 Å². The Labute approximate surface area is 111 Å². The van der Waals surface area contributed by atoms with Gasteiger partial charge in [0.2, 0.25) is 0 Å². The lowest BCUT2D eigenvalue weighted by atomic mass is 9.87. The zero-order valence-electron chi connectivity index (χ0n) is 12.1. The molecule has 0 bridgehead atoms. The molecule has 1 heterocycles. The molecule has 0 radical (unpaired) electrons. The highest BCUT2D eigenvalue weighted by atomic mass is 16.3. The van der Waals surface area contributed by atoms with Crippen molar-refractivity contribution in [2.75, 3.05) is 20.6 Å². The molecule has 0 aliphatic heterocycles. The molecule has 3 nitrogen and oxygen atoms in total. The number of nitrogens with one attached hydrogen (secondary N) is 1. The minimum absolute atomic E-state index is 0.316. The predicted octanol–water partition coefficient (Wildman–Crippen LogP) is 3.05. The second kappa shape index (κ2) is 5.45. The summed E-state index contributed by atoms with van der Waals surface area (Å²) in [6.45, 7) is 5.69. The van der Waals surface area contributed by atoms with E-state index >= 15 is 0 Å². The van der Waals surface area contributed by atoms with E-state index in [1.165, 1.54) is 19.3 Å². The molecular formula is C15H26N2O. The maximum atomic E-state index is 5.54. The molecule has 0 amide bonds. The fraction of sp³-hybridized carbons (Fsp3) is 0.733. The summed E-state index contributed by atoms with van der Waals surface area (Å²) in [6.07, 6.45) is 5.73. The van der Waals surface area contributed by atoms with Crippen molar-refractivity contribution in [2.24, 2.45) is 5.41 Å². The Morgan fingerprint density at radius 2 is 2.28 bits per heavy atom. The smallest absolute Gasteiger partial charge is 0.122 e. The van der Waals surface area contributed by atoms with E-state index in [0.29, 0.717) is 17.5 Å². The first-order valence-electron chi connectivity index (χ1n) is 6.94. The molecule has 1 saturated carbocycles. The maximum absolute atomic E-state index is 5.54. The monoisotopic (exact) mass is 250 g/mol. The van der Waals surface area contributed by atoms with Crippen LogP contribution in [0.2, 0.25) is 0 Å². The molecule has 0 spiro atoms. The van der Waals surface area contributed by atoms with Gasteiger partial charge in [0, 0.05) is 12.6 Å². The topological polar surface area (TPSA) is 28.4 Å². The van der Waals surface area contributed by atoms with Crippen molar-refractivity contribution in [3.8, 4) is 0 Å². The first-order chi connectivity index (χ1) is 8.50. The minimum atomic E-state index is 0.316. The van der Waals surface area contributed by atoms with E-state index < -0.39 is 0 Å². The van der Waals surface area contributed by atoms with Gasteiger partial charge in [0.15, 0.2) is 0 Å². The molecular weight excluding hydrogens is 224 g/mol. The Bertz CT molecular complexity index is 357. The first kappa shape index (κ1) is 13.6. The van der Waals surface area contributed by atoms with Crippen LogP contribution in [0.4, 0.5) is 0 Å². The van der Waals surface area contributed by atoms with Crippen LogP contribution in [0.15, 0.2) is 22.8 Å². The third-order valence-electron chi connectivity index (χ3n) is 4.31. The van der Waals surface area contributed by atoms with Crippen molar-refractivity contribution in [3.63, 3.8) is 0 Å². The van der Waals surface area contributed by atoms with Crippen molar-refractivity contribution >= 4 is 0 Å². The quantitative estimate of drug-likeness (QED) is 0.870. The molecule has 3 heteroatoms. The molecule has 0 aromatic carbocycles. The van der Waals surface area contributed by atoms with Gasteiger partial charge in [-0.25, -0.2) is 0 Å². The number of hydrogen-bond acceptors (Lipinski definition) is 3. The summed E-state index contributed by atoms with van der Waals surface area (Å²) in [4.78, 5) is 2.22. The second-order valence-electron chi connectivity index (χ2n) is 6.34. The lowest BCUT2D eigenvalue weighted by Gasteiger charge is -2.31. The van der Waals surface area contributed by atoms with Crippen molar-refractivity contribution in [3.05, 3.63) is 24.2 Å². The van der Waals surface area contributed by atoms with Crippen molar-refractivity contribution in [1.29, 1.82) is 0 Å². The van der Waals surface area contributed by atoms with Gasteiger partial charge in [-0.1, -0.05) is 20.3 Å². The summed E-state index contributed by atoms with van der Waals surface area (Å²) < 4.78 is 5.54. The Hall–Kier alpha value is -0.800. The van der Waals surface area contributed by atoms with Crippen LogP contribution >= 0.6 is 0 Å². The zero-order valence-corrected chi connectivity index (χ0v) is 12.1. The molecule has 2 rings (SSSR count). The third-order valence-corrected chi connectivity index (χ3v) is 4.31. The van der Waals surface area contributed by atoms with E-state index in [4.69, 9.17) is 4.42 Å². The van der Waals surface area contributed by atoms with Gasteiger partial charge in [0.1, 0.15) is 5.76 Å². The van der Waals surface area contributed by atoms with E-state index in [9.17, 15) is 0 Å². The summed E-state index contributed by atoms with van der Waals surface area (Å²) in [5, 5.41) is 3.74. The predicted molar refractivity (Wildman–Crippen MR) is 74.6 cm³/mol. The Balaban J connectivity index is 1.95. The van der Waals surface area contributed by atoms with Crippen LogP contribution in [-0.4, -0.2) is 31.6 Å². The Kier molecular flexibility index (Phi) is 4.13. The highest BCUT2D eigenvalue weighted by molar-refractivity contribution is 5.05. The molecule has 18 heavy (non-hydrogen) atoms. The molecule has 1 aromatic rings. The van der Waals surface area contributed by atoms with E-state index in [0.717, 1.165) is 12.3 Å². The van der Waals surface area contributed by atoms with Crippen LogP contribution in [-0.2, 0) is 0 Å². The summed E-state index contributed by atoms with van der Waals surface area (Å²) in [5.41, 5.74) is 0.431. The lowest BCUT2D eigenvalue weighted by Crippen LogP contribution is -2.42. The third kappa shape index (κ3) is 2.96. The van der Waals surface area contributed by atoms with Gasteiger partial charge in [-0.15, -0.1) is 0 Å². The fourth-order valence-electron chi connectivity index (χ4n) is 2.98. The van der Waals surface area contributed by atoms with Gasteiger partial charge >= 0.3 is 0 Å². The Morgan fingerprint density at radius 1 is 1.50 bits per heavy atom. The standard InChI is InChI=1S/C15H26N2O/c1-15(2)9-5-8-14(15)16-11-12(17(3)4)13-7-6-10-18-13/h6-7,10,12,14,16H,5,8-9,11H2,1-4H3. The van der Waals surface area contributed by atoms with E-state index in [1.807, 2.05) is 6.07 Å². The summed E-state index contributed by atoms with van der Waals surface area (Å²) >= 11 is 0. The molecule has 2 unspecified atom stereocenters. The summed E-state index contributed by atoms with van der Waals surface area (Å²) in [7, 11) is 4.21. The molecule has 2 atom stereocenters. The number of likely N-dealkylation sites (N-methyl/N-ethyl adjacent to an activating group) is 1. The van der Waals surface area contributed by atoms with Crippen LogP contribution in [0.1, 0.15) is 44.9 Å². The zero-order chi connectivity index (χ0) is 13.2. The van der Waals surface area contributed by atoms with Gasteiger partial charge in [-0.3, -0.25) is 4.90 Å². The van der Waals surface area contributed by atoms with Gasteiger partial charge in [0.05, 0.1) is 12.3 Å². The fourth-order valence-corrected chi connectivity index (χ4v) is 2.98. The first-order valence-corrected chi connectivity index (χ1v) is 6.94. The Morgan fingerprint density at radius 3 is 2.78 bits per heavy atom. The summed E-state index contributed by atoms with van der Waals surface area (Å²) in [5.74, 6) is 1.04. The average molecular weight is 250 g/mol. The molecule has 1 N–H and O–H groups in total. The number of hydrogen-bond donors (Lipinski definition) is 1. The van der Waals surface area contributed by atoms with Crippen LogP contribution in [0, 0.1) is 5.41 Å². The lowest BCUT2D eigenvalue weighted by molar-refractivity contribution is 0.217. The van der Waals surface area contributed by atoms with Gasteiger partial charge in [0.25, 0.3) is 0 Å². The normalized spacial score (nSPS) is 24.6. The number of furan rings is 1. The minimum Gasteiger partial charge on any atom is -0.468 e. The average Bonchev–Trinajstić information content (AvgIpc) is 2.89. The molecule has 0 saturated heterocycles. The molecule has 1 aromatic heterocycles. The van der Waals surface area contributed by atoms with Crippen molar-refractivity contribution in [1.82, 2.24) is 10.2 Å². The van der Waals surface area contributed by atoms with Crippen LogP contribution in [0.3, 0.4) is 0 Å². The van der Waals surface area contributed by atoms with Crippen molar-refractivity contribution in [2.45, 2.75) is 45.2 Å². The second-order valence-corrected chi connectivity index (χ2v) is 6.34. The van der Waals surface area contributed by atoms with E-state index in [2.05, 4.69) is 44.2 Å². The largest absolute Gasteiger partial charge is 0.468 e. The highest BCUT2D eigenvalue weighted by Gasteiger charge is 2.34. The van der Waals surface area contributed by atoms with Crippen LogP contribution in [0.5, 0.6) is 0 Å². The number of nitrogens with zero attached hydrogens (tertiary/aromatic N) is 1. The molecule has 1 aliphatic rings. The maximum Gasteiger partial charge on any atom is 0.122 e. The number of rotatable bonds is 5.